The Bertz CT molecular complexity index is 318. The van der Waals surface area contributed by atoms with Crippen LogP contribution in [0.25, 0.3) is 0 Å². The van der Waals surface area contributed by atoms with Crippen LogP contribution in [0.15, 0.2) is 0 Å². The highest BCUT2D eigenvalue weighted by Gasteiger charge is 2.40. The Labute approximate surface area is 121 Å². The molecule has 0 aromatic carbocycles. The number of rotatable bonds is 4. The molecule has 0 heterocycles. The zero-order chi connectivity index (χ0) is 14.0. The lowest BCUT2D eigenvalue weighted by molar-refractivity contribution is -0.128. The number of carbonyl (C=O) groups excluding carboxylic acids is 1. The molecule has 3 nitrogen and oxygen atoms in total. The van der Waals surface area contributed by atoms with E-state index in [1.807, 2.05) is 0 Å². The summed E-state index contributed by atoms with van der Waals surface area (Å²) in [5, 5.41) is 3.15. The van der Waals surface area contributed by atoms with E-state index in [9.17, 15) is 4.79 Å². The Morgan fingerprint density at radius 3 is 2.42 bits per heavy atom. The quantitative estimate of drug-likeness (QED) is 0.833. The third-order valence-electron chi connectivity index (χ3n) is 5.02. The summed E-state index contributed by atoms with van der Waals surface area (Å²) in [6.07, 6.45) is 7.84. The first-order chi connectivity index (χ1) is 8.93. The molecule has 0 aromatic rings. The number of carbonyl (C=O) groups is 1. The van der Waals surface area contributed by atoms with Gasteiger partial charge in [-0.25, -0.2) is 0 Å². The average molecular weight is 284 g/mol. The van der Waals surface area contributed by atoms with Gasteiger partial charge in [0.2, 0.25) is 5.91 Å². The zero-order valence-corrected chi connectivity index (χ0v) is 13.3. The highest BCUT2D eigenvalue weighted by atomic mass is 32.2. The molecule has 2 rings (SSSR count). The normalized spacial score (nSPS) is 34.9. The first-order valence-electron chi connectivity index (χ1n) is 7.51. The number of hydrogen-bond donors (Lipinski definition) is 2. The van der Waals surface area contributed by atoms with Gasteiger partial charge in [-0.3, -0.25) is 4.79 Å². The molecular formula is C15H28N2OS. The van der Waals surface area contributed by atoms with Crippen LogP contribution in [0.3, 0.4) is 0 Å². The monoisotopic (exact) mass is 284 g/mol. The van der Waals surface area contributed by atoms with Crippen LogP contribution in [0.2, 0.25) is 0 Å². The third-order valence-corrected chi connectivity index (χ3v) is 6.27. The SMILES string of the molecule is CSC(C)(C)CNC(=O)C1CC2CCCC(C1)C2N. The Hall–Kier alpha value is -0.220. The van der Waals surface area contributed by atoms with Crippen molar-refractivity contribution in [3.8, 4) is 0 Å². The molecule has 0 aromatic heterocycles. The lowest BCUT2D eigenvalue weighted by atomic mass is 9.65. The van der Waals surface area contributed by atoms with Crippen LogP contribution in [-0.2, 0) is 4.79 Å². The second kappa shape index (κ2) is 6.04. The summed E-state index contributed by atoms with van der Waals surface area (Å²) in [7, 11) is 0. The van der Waals surface area contributed by atoms with Gasteiger partial charge < -0.3 is 11.1 Å². The van der Waals surface area contributed by atoms with Gasteiger partial charge in [-0.05, 0) is 57.6 Å². The van der Waals surface area contributed by atoms with Crippen LogP contribution in [-0.4, -0.2) is 29.5 Å². The molecule has 19 heavy (non-hydrogen) atoms. The largest absolute Gasteiger partial charge is 0.354 e. The van der Waals surface area contributed by atoms with Gasteiger partial charge in [-0.1, -0.05) is 6.42 Å². The Morgan fingerprint density at radius 1 is 1.32 bits per heavy atom. The molecule has 4 heteroatoms. The number of nitrogens with two attached hydrogens (primary N) is 1. The van der Waals surface area contributed by atoms with Gasteiger partial charge in [0.05, 0.1) is 0 Å². The lowest BCUT2D eigenvalue weighted by Gasteiger charge is -2.43. The summed E-state index contributed by atoms with van der Waals surface area (Å²) in [4.78, 5) is 12.3. The van der Waals surface area contributed by atoms with Gasteiger partial charge in [0, 0.05) is 23.3 Å². The predicted octanol–water partition coefficient (Wildman–Crippen LogP) is 2.40. The molecule has 0 radical (unpaired) electrons. The molecular weight excluding hydrogens is 256 g/mol. The van der Waals surface area contributed by atoms with E-state index >= 15 is 0 Å². The first-order valence-corrected chi connectivity index (χ1v) is 8.74. The first kappa shape index (κ1) is 15.2. The summed E-state index contributed by atoms with van der Waals surface area (Å²) in [5.74, 6) is 1.62. The topological polar surface area (TPSA) is 55.1 Å². The molecule has 2 aliphatic carbocycles. The predicted molar refractivity (Wildman–Crippen MR) is 82.1 cm³/mol. The third kappa shape index (κ3) is 3.66. The van der Waals surface area contributed by atoms with Crippen molar-refractivity contribution < 1.29 is 4.79 Å². The second-order valence-electron chi connectivity index (χ2n) is 6.88. The van der Waals surface area contributed by atoms with E-state index in [2.05, 4.69) is 25.4 Å². The molecule has 2 unspecified atom stereocenters. The van der Waals surface area contributed by atoms with Crippen LogP contribution < -0.4 is 11.1 Å². The summed E-state index contributed by atoms with van der Waals surface area (Å²) in [6.45, 7) is 5.10. The molecule has 2 fully saturated rings. The Kier molecular flexibility index (Phi) is 4.83. The molecule has 0 spiro atoms. The number of nitrogens with one attached hydrogen (secondary N) is 1. The van der Waals surface area contributed by atoms with Crippen LogP contribution >= 0.6 is 11.8 Å². The minimum Gasteiger partial charge on any atom is -0.354 e. The minimum absolute atomic E-state index is 0.122. The maximum absolute atomic E-state index is 12.3. The highest BCUT2D eigenvalue weighted by Crippen LogP contribution is 2.41. The fraction of sp³-hybridized carbons (Fsp3) is 0.933. The fourth-order valence-electron chi connectivity index (χ4n) is 3.52. The molecule has 0 aliphatic heterocycles. The molecule has 1 amide bonds. The van der Waals surface area contributed by atoms with Gasteiger partial charge in [0.1, 0.15) is 0 Å². The van der Waals surface area contributed by atoms with E-state index in [1.54, 1.807) is 11.8 Å². The van der Waals surface area contributed by atoms with Crippen molar-refractivity contribution in [2.75, 3.05) is 12.8 Å². The van der Waals surface area contributed by atoms with Crippen molar-refractivity contribution in [1.29, 1.82) is 0 Å². The number of fused-ring (bicyclic) bond motifs is 2. The van der Waals surface area contributed by atoms with Crippen LogP contribution in [0, 0.1) is 17.8 Å². The van der Waals surface area contributed by atoms with Gasteiger partial charge in [0.25, 0.3) is 0 Å². The van der Waals surface area contributed by atoms with Gasteiger partial charge in [0.15, 0.2) is 0 Å². The smallest absolute Gasteiger partial charge is 0.223 e. The van der Waals surface area contributed by atoms with Crippen molar-refractivity contribution >= 4 is 17.7 Å². The van der Waals surface area contributed by atoms with E-state index < -0.39 is 0 Å². The van der Waals surface area contributed by atoms with Crippen LogP contribution in [0.1, 0.15) is 46.0 Å². The van der Waals surface area contributed by atoms with E-state index in [4.69, 9.17) is 5.73 Å². The van der Waals surface area contributed by atoms with Crippen LogP contribution in [0.5, 0.6) is 0 Å². The van der Waals surface area contributed by atoms with Crippen molar-refractivity contribution in [1.82, 2.24) is 5.32 Å². The van der Waals surface area contributed by atoms with E-state index in [-0.39, 0.29) is 16.6 Å². The lowest BCUT2D eigenvalue weighted by Crippen LogP contribution is -2.50. The summed E-state index contributed by atoms with van der Waals surface area (Å²) >= 11 is 1.80. The van der Waals surface area contributed by atoms with Gasteiger partial charge >= 0.3 is 0 Å². The van der Waals surface area contributed by atoms with Gasteiger partial charge in [-0.15, -0.1) is 0 Å². The maximum atomic E-state index is 12.3. The Morgan fingerprint density at radius 2 is 1.89 bits per heavy atom. The zero-order valence-electron chi connectivity index (χ0n) is 12.4. The molecule has 2 bridgehead atoms. The maximum Gasteiger partial charge on any atom is 0.223 e. The highest BCUT2D eigenvalue weighted by molar-refractivity contribution is 7.99. The number of amides is 1. The molecule has 2 saturated carbocycles. The molecule has 2 aliphatic rings. The second-order valence-corrected chi connectivity index (χ2v) is 8.39. The van der Waals surface area contributed by atoms with Crippen molar-refractivity contribution in [3.05, 3.63) is 0 Å². The van der Waals surface area contributed by atoms with Crippen molar-refractivity contribution in [2.45, 2.75) is 56.7 Å². The van der Waals surface area contributed by atoms with E-state index in [0.717, 1.165) is 19.4 Å². The standard InChI is InChI=1S/C15H28N2OS/c1-15(2,19-3)9-17-14(18)12-7-10-5-4-6-11(8-12)13(10)16/h10-13H,4-9,16H2,1-3H3,(H,17,18). The number of thioether (sulfide) groups is 1. The molecule has 3 N–H and O–H groups in total. The van der Waals surface area contributed by atoms with E-state index in [1.165, 1.54) is 19.3 Å². The van der Waals surface area contributed by atoms with Gasteiger partial charge in [-0.2, -0.15) is 11.8 Å². The Balaban J connectivity index is 1.87. The van der Waals surface area contributed by atoms with Crippen LogP contribution in [0.4, 0.5) is 0 Å². The summed E-state index contributed by atoms with van der Waals surface area (Å²) in [6, 6.07) is 0.348. The number of hydrogen-bond acceptors (Lipinski definition) is 3. The minimum atomic E-state index is 0.122. The summed E-state index contributed by atoms with van der Waals surface area (Å²) < 4.78 is 0.122. The fourth-order valence-corrected chi connectivity index (χ4v) is 3.74. The van der Waals surface area contributed by atoms with E-state index in [0.29, 0.717) is 17.9 Å². The molecule has 110 valence electrons. The van der Waals surface area contributed by atoms with Crippen molar-refractivity contribution in [3.63, 3.8) is 0 Å². The average Bonchev–Trinajstić information content (AvgIpc) is 2.36. The summed E-state index contributed by atoms with van der Waals surface area (Å²) in [5.41, 5.74) is 6.28. The molecule has 2 atom stereocenters. The van der Waals surface area contributed by atoms with Crippen molar-refractivity contribution in [2.24, 2.45) is 23.5 Å². The molecule has 0 saturated heterocycles.